The van der Waals surface area contributed by atoms with E-state index in [0.717, 1.165) is 10.1 Å². The maximum absolute atomic E-state index is 11.8. The summed E-state index contributed by atoms with van der Waals surface area (Å²) in [6.07, 6.45) is 0.591. The van der Waals surface area contributed by atoms with E-state index < -0.39 is 10.0 Å². The van der Waals surface area contributed by atoms with E-state index in [9.17, 15) is 8.42 Å². The van der Waals surface area contributed by atoms with Crippen molar-refractivity contribution in [3.05, 3.63) is 26.8 Å². The van der Waals surface area contributed by atoms with Crippen molar-refractivity contribution in [2.24, 2.45) is 0 Å². The fraction of sp³-hybridized carbons (Fsp3) is 0.455. The molecular weight excluding hydrogens is 387 g/mol. The Morgan fingerprint density at radius 1 is 1.39 bits per heavy atom. The first-order valence-corrected chi connectivity index (χ1v) is 8.72. The predicted octanol–water partition coefficient (Wildman–Crippen LogP) is 2.69. The standard InChI is InChI=1S/C11H16ClIN2O2S/c1-2-14-6-3-7-18(16,17)15-11-5-4-9(12)8-10(11)13/h4-5,8,14-15H,2-3,6-7H2,1H3. The van der Waals surface area contributed by atoms with Crippen LogP contribution in [0.2, 0.25) is 5.02 Å². The molecule has 102 valence electrons. The molecule has 0 fully saturated rings. The highest BCUT2D eigenvalue weighted by atomic mass is 127. The first-order valence-electron chi connectivity index (χ1n) is 5.61. The van der Waals surface area contributed by atoms with Crippen molar-refractivity contribution in [3.8, 4) is 0 Å². The molecule has 7 heteroatoms. The SMILES string of the molecule is CCNCCCS(=O)(=O)Nc1ccc(Cl)cc1I. The monoisotopic (exact) mass is 402 g/mol. The lowest BCUT2D eigenvalue weighted by atomic mass is 10.3. The number of rotatable bonds is 7. The van der Waals surface area contributed by atoms with Crippen LogP contribution in [0.1, 0.15) is 13.3 Å². The van der Waals surface area contributed by atoms with Crippen LogP contribution in [0, 0.1) is 3.57 Å². The van der Waals surface area contributed by atoms with Gasteiger partial charge in [-0.2, -0.15) is 0 Å². The molecule has 1 aromatic carbocycles. The molecule has 0 aliphatic rings. The quantitative estimate of drug-likeness (QED) is 0.544. The van der Waals surface area contributed by atoms with Crippen LogP contribution in [0.5, 0.6) is 0 Å². The Bertz CT molecular complexity index is 494. The van der Waals surface area contributed by atoms with Crippen LogP contribution in [-0.4, -0.2) is 27.3 Å². The van der Waals surface area contributed by atoms with E-state index in [0.29, 0.717) is 23.7 Å². The number of hydrogen-bond acceptors (Lipinski definition) is 3. The second-order valence-electron chi connectivity index (χ2n) is 3.75. The second-order valence-corrected chi connectivity index (χ2v) is 7.19. The number of benzene rings is 1. The molecule has 0 amide bonds. The highest BCUT2D eigenvalue weighted by Crippen LogP contribution is 2.23. The molecule has 4 nitrogen and oxygen atoms in total. The molecule has 0 heterocycles. The normalized spacial score (nSPS) is 11.5. The maximum atomic E-state index is 11.8. The molecule has 0 atom stereocenters. The molecule has 0 aliphatic carbocycles. The summed E-state index contributed by atoms with van der Waals surface area (Å²) in [6, 6.07) is 5.06. The van der Waals surface area contributed by atoms with E-state index in [1.54, 1.807) is 18.2 Å². The fourth-order valence-electron chi connectivity index (χ4n) is 1.35. The van der Waals surface area contributed by atoms with Crippen LogP contribution in [-0.2, 0) is 10.0 Å². The molecule has 2 N–H and O–H groups in total. The largest absolute Gasteiger partial charge is 0.317 e. The highest BCUT2D eigenvalue weighted by molar-refractivity contribution is 14.1. The van der Waals surface area contributed by atoms with Crippen molar-refractivity contribution in [1.82, 2.24) is 5.32 Å². The first kappa shape index (κ1) is 16.0. The Morgan fingerprint density at radius 3 is 2.72 bits per heavy atom. The summed E-state index contributed by atoms with van der Waals surface area (Å²) < 4.78 is 27.0. The van der Waals surface area contributed by atoms with E-state index in [2.05, 4.69) is 32.6 Å². The van der Waals surface area contributed by atoms with Crippen molar-refractivity contribution in [3.63, 3.8) is 0 Å². The minimum atomic E-state index is -3.29. The Hall–Kier alpha value is -0.0500. The minimum Gasteiger partial charge on any atom is -0.317 e. The zero-order valence-corrected chi connectivity index (χ0v) is 13.8. The lowest BCUT2D eigenvalue weighted by Gasteiger charge is -2.10. The van der Waals surface area contributed by atoms with Crippen molar-refractivity contribution in [2.75, 3.05) is 23.6 Å². The topological polar surface area (TPSA) is 58.2 Å². The van der Waals surface area contributed by atoms with E-state index in [1.165, 1.54) is 0 Å². The molecule has 0 saturated carbocycles. The summed E-state index contributed by atoms with van der Waals surface area (Å²) in [5.74, 6) is 0.110. The van der Waals surface area contributed by atoms with Gasteiger partial charge in [0.1, 0.15) is 0 Å². The highest BCUT2D eigenvalue weighted by Gasteiger charge is 2.11. The maximum Gasteiger partial charge on any atom is 0.232 e. The van der Waals surface area contributed by atoms with Crippen molar-refractivity contribution in [2.45, 2.75) is 13.3 Å². The van der Waals surface area contributed by atoms with Gasteiger partial charge >= 0.3 is 0 Å². The van der Waals surface area contributed by atoms with Gasteiger partial charge in [0.05, 0.1) is 11.4 Å². The summed E-state index contributed by atoms with van der Waals surface area (Å²) in [4.78, 5) is 0. The van der Waals surface area contributed by atoms with Gasteiger partial charge in [0.25, 0.3) is 0 Å². The molecule has 0 radical (unpaired) electrons. The first-order chi connectivity index (χ1) is 8.44. The van der Waals surface area contributed by atoms with Gasteiger partial charge in [-0.25, -0.2) is 8.42 Å². The molecule has 1 rings (SSSR count). The van der Waals surface area contributed by atoms with Crippen LogP contribution >= 0.6 is 34.2 Å². The van der Waals surface area contributed by atoms with Gasteiger partial charge in [-0.05, 0) is 60.3 Å². The molecule has 18 heavy (non-hydrogen) atoms. The van der Waals surface area contributed by atoms with Crippen LogP contribution in [0.15, 0.2) is 18.2 Å². The smallest absolute Gasteiger partial charge is 0.232 e. The Morgan fingerprint density at radius 2 is 2.11 bits per heavy atom. The minimum absolute atomic E-state index is 0.110. The third-order valence-electron chi connectivity index (χ3n) is 2.21. The van der Waals surface area contributed by atoms with Crippen molar-refractivity contribution >= 4 is 49.9 Å². The van der Waals surface area contributed by atoms with Crippen molar-refractivity contribution < 1.29 is 8.42 Å². The van der Waals surface area contributed by atoms with E-state index in [4.69, 9.17) is 11.6 Å². The summed E-state index contributed by atoms with van der Waals surface area (Å²) in [5.41, 5.74) is 0.573. The lowest BCUT2D eigenvalue weighted by molar-refractivity contribution is 0.595. The molecule has 1 aromatic rings. The molecule has 0 aliphatic heterocycles. The number of sulfonamides is 1. The van der Waals surface area contributed by atoms with Crippen LogP contribution in [0.25, 0.3) is 0 Å². The number of nitrogens with one attached hydrogen (secondary N) is 2. The Labute approximate surface area is 127 Å². The lowest BCUT2D eigenvalue weighted by Crippen LogP contribution is -2.22. The average molecular weight is 403 g/mol. The molecular formula is C11H16ClIN2O2S. The molecule has 0 aromatic heterocycles. The van der Waals surface area contributed by atoms with Crippen LogP contribution in [0.4, 0.5) is 5.69 Å². The summed E-state index contributed by atoms with van der Waals surface area (Å²) in [5, 5.41) is 3.68. The van der Waals surface area contributed by atoms with Gasteiger partial charge in [-0.3, -0.25) is 4.72 Å². The Kier molecular flexibility index (Phi) is 6.68. The van der Waals surface area contributed by atoms with E-state index in [1.807, 2.05) is 6.92 Å². The van der Waals surface area contributed by atoms with E-state index >= 15 is 0 Å². The molecule has 0 bridgehead atoms. The number of anilines is 1. The predicted molar refractivity (Wildman–Crippen MR) is 84.7 cm³/mol. The van der Waals surface area contributed by atoms with Gasteiger partial charge in [-0.1, -0.05) is 18.5 Å². The molecule has 0 saturated heterocycles. The van der Waals surface area contributed by atoms with Crippen LogP contribution < -0.4 is 10.0 Å². The Balaban J connectivity index is 2.59. The second kappa shape index (κ2) is 7.52. The van der Waals surface area contributed by atoms with E-state index in [-0.39, 0.29) is 5.75 Å². The molecule has 0 spiro atoms. The van der Waals surface area contributed by atoms with Gasteiger partial charge in [-0.15, -0.1) is 0 Å². The third kappa shape index (κ3) is 5.73. The van der Waals surface area contributed by atoms with Gasteiger partial charge in [0, 0.05) is 8.59 Å². The van der Waals surface area contributed by atoms with Crippen LogP contribution in [0.3, 0.4) is 0 Å². The summed E-state index contributed by atoms with van der Waals surface area (Å²) >= 11 is 7.87. The zero-order valence-electron chi connectivity index (χ0n) is 10.0. The van der Waals surface area contributed by atoms with Gasteiger partial charge < -0.3 is 5.32 Å². The number of halogens is 2. The third-order valence-corrected chi connectivity index (χ3v) is 4.70. The summed E-state index contributed by atoms with van der Waals surface area (Å²) in [6.45, 7) is 3.54. The molecule has 0 unspecified atom stereocenters. The van der Waals surface area contributed by atoms with Crippen molar-refractivity contribution in [1.29, 1.82) is 0 Å². The fourth-order valence-corrected chi connectivity index (χ4v) is 3.68. The summed E-state index contributed by atoms with van der Waals surface area (Å²) in [7, 11) is -3.29. The van der Waals surface area contributed by atoms with Gasteiger partial charge in [0.2, 0.25) is 10.0 Å². The number of hydrogen-bond donors (Lipinski definition) is 2. The average Bonchev–Trinajstić information content (AvgIpc) is 2.28. The van der Waals surface area contributed by atoms with Gasteiger partial charge in [0.15, 0.2) is 0 Å². The zero-order chi connectivity index (χ0) is 13.6.